The lowest BCUT2D eigenvalue weighted by atomic mass is 10.1. The van der Waals surface area contributed by atoms with Crippen molar-refractivity contribution >= 4 is 5.95 Å². The highest BCUT2D eigenvalue weighted by atomic mass is 19.3. The van der Waals surface area contributed by atoms with E-state index in [2.05, 4.69) is 25.3 Å². The van der Waals surface area contributed by atoms with E-state index in [1.807, 2.05) is 13.8 Å². The van der Waals surface area contributed by atoms with Crippen molar-refractivity contribution in [1.29, 1.82) is 0 Å². The van der Waals surface area contributed by atoms with Crippen LogP contribution in [0.15, 0.2) is 12.4 Å². The number of anilines is 1. The highest BCUT2D eigenvalue weighted by Gasteiger charge is 2.13. The normalized spacial score (nSPS) is 15.6. The summed E-state index contributed by atoms with van der Waals surface area (Å²) in [4.78, 5) is 7.85. The van der Waals surface area contributed by atoms with Crippen LogP contribution in [-0.4, -0.2) is 35.7 Å². The van der Waals surface area contributed by atoms with Gasteiger partial charge in [-0.3, -0.25) is 0 Å². The molecule has 1 aliphatic rings. The highest BCUT2D eigenvalue weighted by Crippen LogP contribution is 2.13. The van der Waals surface area contributed by atoms with E-state index in [1.54, 1.807) is 0 Å². The van der Waals surface area contributed by atoms with Gasteiger partial charge in [-0.2, -0.15) is 8.78 Å². The van der Waals surface area contributed by atoms with Crippen molar-refractivity contribution < 1.29 is 13.5 Å². The van der Waals surface area contributed by atoms with Crippen molar-refractivity contribution in [2.24, 2.45) is 0 Å². The molecule has 2 N–H and O–H groups in total. The van der Waals surface area contributed by atoms with E-state index in [0.717, 1.165) is 25.9 Å². The minimum Gasteiger partial charge on any atom is -0.432 e. The molecule has 0 amide bonds. The average Bonchev–Trinajstić information content (AvgIpc) is 2.44. The smallest absolute Gasteiger partial charge is 0.387 e. The molecule has 0 radical (unpaired) electrons. The molecule has 1 aromatic rings. The molecule has 0 spiro atoms. The Kier molecular flexibility index (Phi) is 7.02. The number of hydrogen-bond acceptors (Lipinski definition) is 5. The van der Waals surface area contributed by atoms with Crippen molar-refractivity contribution in [3.8, 4) is 5.75 Å². The molecule has 1 fully saturated rings. The first kappa shape index (κ1) is 15.6. The zero-order chi connectivity index (χ0) is 14.1. The van der Waals surface area contributed by atoms with Gasteiger partial charge < -0.3 is 15.4 Å². The molecule has 2 rings (SSSR count). The molecule has 0 bridgehead atoms. The Bertz CT molecular complexity index is 342. The molecule has 0 saturated carbocycles. The number of ether oxygens (including phenoxy) is 1. The van der Waals surface area contributed by atoms with E-state index < -0.39 is 6.61 Å². The number of nitrogens with one attached hydrogen (secondary N) is 2. The first-order valence-corrected chi connectivity index (χ1v) is 6.48. The zero-order valence-electron chi connectivity index (χ0n) is 11.2. The van der Waals surface area contributed by atoms with Crippen LogP contribution >= 0.6 is 0 Å². The Morgan fingerprint density at radius 1 is 1.26 bits per heavy atom. The molecule has 5 nitrogen and oxygen atoms in total. The number of hydrogen-bond donors (Lipinski definition) is 2. The topological polar surface area (TPSA) is 59.1 Å². The molecular formula is C12H20F2N4O. The third-order valence-electron chi connectivity index (χ3n) is 2.53. The Hall–Kier alpha value is -1.50. The predicted molar refractivity (Wildman–Crippen MR) is 69.5 cm³/mol. The summed E-state index contributed by atoms with van der Waals surface area (Å²) in [7, 11) is 0. The number of halogens is 2. The lowest BCUT2D eigenvalue weighted by molar-refractivity contribution is -0.0503. The summed E-state index contributed by atoms with van der Waals surface area (Å²) >= 11 is 0. The van der Waals surface area contributed by atoms with Crippen molar-refractivity contribution in [2.75, 3.05) is 18.4 Å². The summed E-state index contributed by atoms with van der Waals surface area (Å²) < 4.78 is 27.9. The summed E-state index contributed by atoms with van der Waals surface area (Å²) in [5.74, 6) is 0.411. The van der Waals surface area contributed by atoms with Gasteiger partial charge in [0, 0.05) is 6.04 Å². The van der Waals surface area contributed by atoms with Crippen molar-refractivity contribution in [3.05, 3.63) is 12.4 Å². The Balaban J connectivity index is 0.000000861. The molecule has 0 atom stereocenters. The molecule has 1 saturated heterocycles. The first-order chi connectivity index (χ1) is 9.24. The summed E-state index contributed by atoms with van der Waals surface area (Å²) in [6.07, 6.45) is 4.47. The van der Waals surface area contributed by atoms with E-state index in [1.165, 1.54) is 12.4 Å². The zero-order valence-corrected chi connectivity index (χ0v) is 11.2. The molecule has 1 aromatic heterocycles. The minimum absolute atomic E-state index is 0.0316. The summed E-state index contributed by atoms with van der Waals surface area (Å²) in [6, 6.07) is 0.332. The third-order valence-corrected chi connectivity index (χ3v) is 2.53. The fraction of sp³-hybridized carbons (Fsp3) is 0.667. The van der Waals surface area contributed by atoms with Crippen molar-refractivity contribution in [3.63, 3.8) is 0 Å². The Labute approximate surface area is 111 Å². The van der Waals surface area contributed by atoms with Gasteiger partial charge in [-0.15, -0.1) is 0 Å². The molecular weight excluding hydrogens is 254 g/mol. The van der Waals surface area contributed by atoms with Gasteiger partial charge in [0.05, 0.1) is 12.4 Å². The van der Waals surface area contributed by atoms with Crippen LogP contribution in [0, 0.1) is 0 Å². The van der Waals surface area contributed by atoms with Crippen LogP contribution in [0.4, 0.5) is 14.7 Å². The highest BCUT2D eigenvalue weighted by molar-refractivity contribution is 5.28. The Morgan fingerprint density at radius 3 is 2.37 bits per heavy atom. The molecule has 19 heavy (non-hydrogen) atoms. The maximum atomic E-state index is 11.9. The monoisotopic (exact) mass is 274 g/mol. The van der Waals surface area contributed by atoms with Gasteiger partial charge in [0.2, 0.25) is 5.95 Å². The molecule has 2 heterocycles. The standard InChI is InChI=1S/C10H14F2N4O.C2H6/c11-9(12)17-8-5-14-10(15-6-8)16-7-1-3-13-4-2-7;1-2/h5-7,9,13H,1-4H2,(H,14,15,16);1-2H3. The van der Waals surface area contributed by atoms with Gasteiger partial charge in [-0.25, -0.2) is 9.97 Å². The number of piperidine rings is 1. The molecule has 7 heteroatoms. The number of nitrogens with zero attached hydrogens (tertiary/aromatic N) is 2. The molecule has 108 valence electrons. The van der Waals surface area contributed by atoms with E-state index in [0.29, 0.717) is 12.0 Å². The van der Waals surface area contributed by atoms with Gasteiger partial charge >= 0.3 is 6.61 Å². The lowest BCUT2D eigenvalue weighted by Crippen LogP contribution is -2.35. The molecule has 0 aliphatic carbocycles. The van der Waals surface area contributed by atoms with Crippen LogP contribution in [0.25, 0.3) is 0 Å². The van der Waals surface area contributed by atoms with Gasteiger partial charge in [-0.05, 0) is 25.9 Å². The third kappa shape index (κ3) is 5.78. The van der Waals surface area contributed by atoms with E-state index in [9.17, 15) is 8.78 Å². The lowest BCUT2D eigenvalue weighted by Gasteiger charge is -2.23. The van der Waals surface area contributed by atoms with Crippen LogP contribution in [0.3, 0.4) is 0 Å². The quantitative estimate of drug-likeness (QED) is 0.882. The van der Waals surface area contributed by atoms with Gasteiger partial charge in [-0.1, -0.05) is 13.8 Å². The fourth-order valence-electron chi connectivity index (χ4n) is 1.70. The maximum absolute atomic E-state index is 11.9. The van der Waals surface area contributed by atoms with E-state index >= 15 is 0 Å². The SMILES string of the molecule is CC.FC(F)Oc1cnc(NC2CCNCC2)nc1. The number of rotatable bonds is 4. The molecule has 0 unspecified atom stereocenters. The predicted octanol–water partition coefficient (Wildman–Crippen LogP) is 2.27. The van der Waals surface area contributed by atoms with Crippen LogP contribution in [0.5, 0.6) is 5.75 Å². The first-order valence-electron chi connectivity index (χ1n) is 6.48. The molecule has 0 aromatic carbocycles. The fourth-order valence-corrected chi connectivity index (χ4v) is 1.70. The largest absolute Gasteiger partial charge is 0.432 e. The Morgan fingerprint density at radius 2 is 1.84 bits per heavy atom. The summed E-state index contributed by atoms with van der Waals surface area (Å²) in [6.45, 7) is 3.08. The summed E-state index contributed by atoms with van der Waals surface area (Å²) in [5.41, 5.74) is 0. The second-order valence-corrected chi connectivity index (χ2v) is 3.79. The molecule has 1 aliphatic heterocycles. The van der Waals surface area contributed by atoms with Gasteiger partial charge in [0.15, 0.2) is 5.75 Å². The van der Waals surface area contributed by atoms with Gasteiger partial charge in [0.25, 0.3) is 0 Å². The van der Waals surface area contributed by atoms with Crippen LogP contribution < -0.4 is 15.4 Å². The van der Waals surface area contributed by atoms with E-state index in [-0.39, 0.29) is 5.75 Å². The van der Waals surface area contributed by atoms with Crippen molar-refractivity contribution in [2.45, 2.75) is 39.3 Å². The van der Waals surface area contributed by atoms with E-state index in [4.69, 9.17) is 0 Å². The van der Waals surface area contributed by atoms with Gasteiger partial charge in [0.1, 0.15) is 0 Å². The van der Waals surface area contributed by atoms with Crippen LogP contribution in [0.2, 0.25) is 0 Å². The maximum Gasteiger partial charge on any atom is 0.387 e. The van der Waals surface area contributed by atoms with Crippen molar-refractivity contribution in [1.82, 2.24) is 15.3 Å². The average molecular weight is 274 g/mol. The number of aromatic nitrogens is 2. The van der Waals surface area contributed by atoms with Crippen LogP contribution in [0.1, 0.15) is 26.7 Å². The van der Waals surface area contributed by atoms with Crippen LogP contribution in [-0.2, 0) is 0 Å². The summed E-state index contributed by atoms with van der Waals surface area (Å²) in [5, 5.41) is 6.40. The second-order valence-electron chi connectivity index (χ2n) is 3.79. The second kappa shape index (κ2) is 8.58. The number of alkyl halides is 2. The minimum atomic E-state index is -2.85.